The third kappa shape index (κ3) is 5.54. The number of carbonyl (C=O) groups excluding carboxylic acids is 1. The average molecular weight is 411 g/mol. The molecule has 7 nitrogen and oxygen atoms in total. The van der Waals surface area contributed by atoms with Crippen LogP contribution in [0.4, 0.5) is 20.6 Å². The zero-order chi connectivity index (χ0) is 20.7. The molecule has 9 heteroatoms. The number of sulfonamides is 1. The molecule has 29 heavy (non-hydrogen) atoms. The molecule has 0 fully saturated rings. The first-order chi connectivity index (χ1) is 13.9. The summed E-state index contributed by atoms with van der Waals surface area (Å²) in [6, 6.07) is 21.9. The summed E-state index contributed by atoms with van der Waals surface area (Å²) in [5, 5.41) is 4.96. The van der Waals surface area contributed by atoms with E-state index in [2.05, 4.69) is 26.5 Å². The fourth-order valence-electron chi connectivity index (χ4n) is 2.28. The number of urea groups is 1. The number of amides is 2. The van der Waals surface area contributed by atoms with Gasteiger partial charge in [-0.25, -0.2) is 9.18 Å². The van der Waals surface area contributed by atoms with Crippen molar-refractivity contribution in [2.45, 2.75) is 4.90 Å². The molecule has 0 atom stereocenters. The van der Waals surface area contributed by atoms with E-state index in [4.69, 9.17) is 0 Å². The van der Waals surface area contributed by atoms with Gasteiger partial charge in [-0.1, -0.05) is 30.3 Å². The Morgan fingerprint density at radius 1 is 0.862 bits per heavy atom. The van der Waals surface area contributed by atoms with Gasteiger partial charge >= 0.3 is 22.1 Å². The van der Waals surface area contributed by atoms with Crippen LogP contribution in [0.3, 0.4) is 0 Å². The quantitative estimate of drug-likeness (QED) is 0.566. The van der Waals surface area contributed by atoms with Gasteiger partial charge in [0.1, 0.15) is 16.3 Å². The highest BCUT2D eigenvalue weighted by Crippen LogP contribution is 2.14. The minimum Gasteiger partial charge on any atom is -0.308 e. The minimum absolute atomic E-state index is 0.0628. The Morgan fingerprint density at radius 3 is 2.21 bits per heavy atom. The number of para-hydroxylation sites is 1. The van der Waals surface area contributed by atoms with Crippen molar-refractivity contribution in [2.75, 3.05) is 10.6 Å². The van der Waals surface area contributed by atoms with Gasteiger partial charge in [0, 0.05) is 10.5 Å². The molecular formula is C20H16FN4O3S+. The Balaban J connectivity index is 1.59. The highest BCUT2D eigenvalue weighted by atomic mass is 32.2. The zero-order valence-electron chi connectivity index (χ0n) is 15.0. The van der Waals surface area contributed by atoms with Crippen LogP contribution in [0.5, 0.6) is 0 Å². The lowest BCUT2D eigenvalue weighted by Gasteiger charge is -2.08. The normalized spacial score (nSPS) is 10.4. The molecule has 0 bridgehead atoms. The molecule has 3 aromatic carbocycles. The molecular weight excluding hydrogens is 395 g/mol. The maximum absolute atomic E-state index is 13.5. The number of nitrogens with zero attached hydrogens (tertiary/aromatic N) is 1. The van der Waals surface area contributed by atoms with Crippen LogP contribution < -0.4 is 15.5 Å². The second-order valence-corrected chi connectivity index (χ2v) is 7.43. The van der Waals surface area contributed by atoms with Crippen molar-refractivity contribution in [3.05, 3.63) is 95.2 Å². The van der Waals surface area contributed by atoms with Crippen molar-refractivity contribution in [1.29, 1.82) is 0 Å². The molecule has 0 radical (unpaired) electrons. The van der Waals surface area contributed by atoms with Crippen molar-refractivity contribution in [3.63, 3.8) is 0 Å². The Kier molecular flexibility index (Phi) is 6.06. The largest absolute Gasteiger partial charge is 0.358 e. The Bertz CT molecular complexity index is 1170. The van der Waals surface area contributed by atoms with E-state index in [0.717, 1.165) is 0 Å². The molecule has 0 saturated carbocycles. The van der Waals surface area contributed by atoms with Gasteiger partial charge < -0.3 is 10.6 Å². The van der Waals surface area contributed by atoms with Crippen LogP contribution in [-0.2, 0) is 10.0 Å². The van der Waals surface area contributed by atoms with Crippen LogP contribution in [0.2, 0.25) is 0 Å². The lowest BCUT2D eigenvalue weighted by Crippen LogP contribution is -2.20. The lowest BCUT2D eigenvalue weighted by molar-refractivity contribution is 0.262. The van der Waals surface area contributed by atoms with E-state index in [0.29, 0.717) is 11.3 Å². The number of halogens is 1. The molecule has 0 heterocycles. The summed E-state index contributed by atoms with van der Waals surface area (Å²) in [4.78, 5) is 17.7. The summed E-state index contributed by atoms with van der Waals surface area (Å²) in [6.07, 6.45) is 0. The molecule has 3 N–H and O–H groups in total. The fraction of sp³-hybridized carbons (Fsp3) is 0. The number of nitrogens with one attached hydrogen (secondary N) is 3. The number of benzene rings is 3. The summed E-state index contributed by atoms with van der Waals surface area (Å²) in [6.45, 7) is 0. The number of rotatable bonds is 4. The summed E-state index contributed by atoms with van der Waals surface area (Å²) in [7, 11) is -3.76. The van der Waals surface area contributed by atoms with Crippen LogP contribution >= 0.6 is 0 Å². The van der Waals surface area contributed by atoms with Gasteiger partial charge in [0.15, 0.2) is 0 Å². The van der Waals surface area contributed by atoms with Gasteiger partial charge in [-0.15, -0.1) is 0 Å². The van der Waals surface area contributed by atoms with E-state index in [9.17, 15) is 17.6 Å². The van der Waals surface area contributed by atoms with Gasteiger partial charge in [0.2, 0.25) is 0 Å². The van der Waals surface area contributed by atoms with Crippen LogP contribution in [0, 0.1) is 11.9 Å². The first kappa shape index (κ1) is 19.9. The van der Waals surface area contributed by atoms with Crippen LogP contribution in [-0.4, -0.2) is 14.4 Å². The van der Waals surface area contributed by atoms with E-state index < -0.39 is 21.9 Å². The Morgan fingerprint density at radius 2 is 1.52 bits per heavy atom. The van der Waals surface area contributed by atoms with E-state index in [-0.39, 0.29) is 10.6 Å². The summed E-state index contributed by atoms with van der Waals surface area (Å²) < 4.78 is 37.6. The molecule has 3 aromatic rings. The summed E-state index contributed by atoms with van der Waals surface area (Å²) in [5.41, 5.74) is 1.00. The van der Waals surface area contributed by atoms with Crippen LogP contribution in [0.15, 0.2) is 83.8 Å². The number of hydrogen-bond donors (Lipinski definition) is 3. The molecule has 2 amide bonds. The zero-order valence-corrected chi connectivity index (χ0v) is 15.8. The van der Waals surface area contributed by atoms with Gasteiger partial charge in [0.25, 0.3) is 0 Å². The third-order valence-corrected chi connectivity index (χ3v) is 4.89. The number of carbonyl (C=O) groups is 1. The SMILES string of the molecule is O=C(Nc1ccc(C#[N+]NS(=O)(=O)c2ccccc2)cc1)Nc1ccccc1F. The highest BCUT2D eigenvalue weighted by molar-refractivity contribution is 7.89. The highest BCUT2D eigenvalue weighted by Gasteiger charge is 2.17. The molecule has 0 aromatic heterocycles. The molecule has 0 aliphatic heterocycles. The first-order valence-corrected chi connectivity index (χ1v) is 9.87. The molecule has 0 unspecified atom stereocenters. The molecule has 0 saturated heterocycles. The summed E-state index contributed by atoms with van der Waals surface area (Å²) in [5.74, 6) is -0.540. The monoisotopic (exact) mass is 411 g/mol. The van der Waals surface area contributed by atoms with Gasteiger partial charge in [0.05, 0.1) is 10.6 Å². The standard InChI is InChI=1S/C20H15FN4O3S/c21-18-8-4-5-9-19(18)24-20(26)23-16-12-10-15(11-13-16)14-22-25-29(27,28)17-6-2-1-3-7-17/h1-13,25H,(H,24,26)/p+1. The van der Waals surface area contributed by atoms with Crippen molar-refractivity contribution in [2.24, 2.45) is 0 Å². The minimum atomic E-state index is -3.76. The molecule has 146 valence electrons. The lowest BCUT2D eigenvalue weighted by atomic mass is 10.2. The van der Waals surface area contributed by atoms with Gasteiger partial charge in [-0.2, -0.15) is 8.42 Å². The molecule has 3 rings (SSSR count). The van der Waals surface area contributed by atoms with Crippen molar-refractivity contribution < 1.29 is 17.6 Å². The Hall–Kier alpha value is -3.90. The molecule has 0 aliphatic rings. The van der Waals surface area contributed by atoms with Crippen LogP contribution in [0.25, 0.3) is 4.95 Å². The van der Waals surface area contributed by atoms with Gasteiger partial charge in [-0.05, 0) is 48.5 Å². The maximum Gasteiger partial charge on any atom is 0.358 e. The fourth-order valence-corrected chi connectivity index (χ4v) is 3.06. The van der Waals surface area contributed by atoms with Crippen molar-refractivity contribution in [1.82, 2.24) is 4.83 Å². The first-order valence-electron chi connectivity index (χ1n) is 8.39. The summed E-state index contributed by atoms with van der Waals surface area (Å²) >= 11 is 0. The van der Waals surface area contributed by atoms with E-state index in [1.807, 2.05) is 0 Å². The number of anilines is 2. The van der Waals surface area contributed by atoms with Crippen LogP contribution in [0.1, 0.15) is 5.56 Å². The van der Waals surface area contributed by atoms with E-state index >= 15 is 0 Å². The predicted molar refractivity (Wildman–Crippen MR) is 109 cm³/mol. The average Bonchev–Trinajstić information content (AvgIpc) is 2.72. The second-order valence-electron chi connectivity index (χ2n) is 5.77. The predicted octanol–water partition coefficient (Wildman–Crippen LogP) is 4.04. The number of hydrogen-bond acceptors (Lipinski definition) is 3. The molecule has 0 aliphatic carbocycles. The topological polar surface area (TPSA) is 91.7 Å². The second kappa shape index (κ2) is 8.86. The van der Waals surface area contributed by atoms with Gasteiger partial charge in [-0.3, -0.25) is 0 Å². The van der Waals surface area contributed by atoms with Crippen molar-refractivity contribution in [3.8, 4) is 6.07 Å². The smallest absolute Gasteiger partial charge is 0.308 e. The van der Waals surface area contributed by atoms with E-state index in [1.54, 1.807) is 48.5 Å². The van der Waals surface area contributed by atoms with E-state index in [1.165, 1.54) is 30.3 Å². The third-order valence-electron chi connectivity index (χ3n) is 3.67. The Labute approximate surface area is 167 Å². The van der Waals surface area contributed by atoms with Crippen molar-refractivity contribution >= 4 is 27.4 Å². The maximum atomic E-state index is 13.5. The molecule has 0 spiro atoms.